The first kappa shape index (κ1) is 26.6. The zero-order valence-corrected chi connectivity index (χ0v) is 19.2. The molecule has 3 N–H and O–H groups in total. The molecule has 4 atom stereocenters. The third-order valence-corrected chi connectivity index (χ3v) is 5.19. The van der Waals surface area contributed by atoms with E-state index in [-0.39, 0.29) is 16.7 Å². The van der Waals surface area contributed by atoms with Crippen LogP contribution in [0.2, 0.25) is 0 Å². The van der Waals surface area contributed by atoms with E-state index in [1.165, 1.54) is 36.4 Å². The molecule has 3 rings (SSSR count). The van der Waals surface area contributed by atoms with Gasteiger partial charge >= 0.3 is 17.9 Å². The monoisotopic (exact) mass is 494 g/mol. The van der Waals surface area contributed by atoms with Crippen LogP contribution in [0.3, 0.4) is 0 Å². The summed E-state index contributed by atoms with van der Waals surface area (Å²) in [5.74, 6) is -2.48. The Kier molecular flexibility index (Phi) is 9.70. The second kappa shape index (κ2) is 13.1. The number of carbonyl (C=O) groups is 3. The second-order valence-corrected chi connectivity index (χ2v) is 7.75. The van der Waals surface area contributed by atoms with Gasteiger partial charge in [-0.1, -0.05) is 54.6 Å². The molecule has 3 aromatic carbocycles. The minimum absolute atomic E-state index is 0.127. The maximum Gasteiger partial charge on any atom is 0.338 e. The molecular formula is C27H26O9. The van der Waals surface area contributed by atoms with E-state index in [2.05, 4.69) is 0 Å². The molecule has 0 aliphatic heterocycles. The number of hydrogen-bond donors (Lipinski definition) is 3. The van der Waals surface area contributed by atoms with Crippen LogP contribution < -0.4 is 0 Å². The number of rotatable bonds is 11. The molecular weight excluding hydrogens is 468 g/mol. The van der Waals surface area contributed by atoms with Crippen molar-refractivity contribution >= 4 is 17.9 Å². The molecule has 3 aromatic rings. The number of esters is 3. The number of aliphatic hydroxyl groups is 3. The molecule has 9 heteroatoms. The first-order valence-electron chi connectivity index (χ1n) is 11.1. The maximum absolute atomic E-state index is 12.8. The van der Waals surface area contributed by atoms with Gasteiger partial charge in [-0.2, -0.15) is 0 Å². The van der Waals surface area contributed by atoms with Crippen LogP contribution in [0.25, 0.3) is 0 Å². The molecule has 0 aromatic heterocycles. The summed E-state index contributed by atoms with van der Waals surface area (Å²) in [5, 5.41) is 30.2. The van der Waals surface area contributed by atoms with Gasteiger partial charge in [0.15, 0.2) is 12.2 Å². The van der Waals surface area contributed by atoms with Crippen molar-refractivity contribution in [2.75, 3.05) is 13.2 Å². The molecule has 0 aliphatic rings. The van der Waals surface area contributed by atoms with Crippen LogP contribution in [0.4, 0.5) is 0 Å². The van der Waals surface area contributed by atoms with Crippen LogP contribution in [-0.4, -0.2) is 70.9 Å². The zero-order valence-electron chi connectivity index (χ0n) is 19.2. The molecule has 0 unspecified atom stereocenters. The van der Waals surface area contributed by atoms with Crippen molar-refractivity contribution in [3.63, 3.8) is 0 Å². The van der Waals surface area contributed by atoms with Crippen LogP contribution in [0, 0.1) is 0 Å². The summed E-state index contributed by atoms with van der Waals surface area (Å²) >= 11 is 0. The van der Waals surface area contributed by atoms with Gasteiger partial charge in [-0.3, -0.25) is 0 Å². The van der Waals surface area contributed by atoms with Crippen molar-refractivity contribution in [1.29, 1.82) is 0 Å². The van der Waals surface area contributed by atoms with Crippen LogP contribution >= 0.6 is 0 Å². The molecule has 0 aliphatic carbocycles. The van der Waals surface area contributed by atoms with Crippen LogP contribution in [0.5, 0.6) is 0 Å². The van der Waals surface area contributed by atoms with Gasteiger partial charge in [0, 0.05) is 0 Å². The lowest BCUT2D eigenvalue weighted by Crippen LogP contribution is -2.51. The molecule has 0 saturated carbocycles. The van der Waals surface area contributed by atoms with E-state index >= 15 is 0 Å². The highest BCUT2D eigenvalue weighted by Crippen LogP contribution is 2.18. The Hall–Kier alpha value is -4.05. The Bertz CT molecular complexity index is 1120. The minimum atomic E-state index is -1.88. The van der Waals surface area contributed by atoms with E-state index in [4.69, 9.17) is 14.2 Å². The van der Waals surface area contributed by atoms with Crippen LogP contribution in [0.15, 0.2) is 91.0 Å². The van der Waals surface area contributed by atoms with E-state index in [0.29, 0.717) is 0 Å². The smallest absolute Gasteiger partial charge is 0.338 e. The Balaban J connectivity index is 1.89. The van der Waals surface area contributed by atoms with E-state index in [1.54, 1.807) is 54.6 Å². The first-order valence-corrected chi connectivity index (χ1v) is 11.1. The highest BCUT2D eigenvalue weighted by molar-refractivity contribution is 5.91. The lowest BCUT2D eigenvalue weighted by atomic mass is 10.0. The number of hydrogen-bond acceptors (Lipinski definition) is 9. The van der Waals surface area contributed by atoms with E-state index < -0.39 is 55.5 Å². The quantitative estimate of drug-likeness (QED) is 0.270. The summed E-state index contributed by atoms with van der Waals surface area (Å²) in [6.07, 6.45) is -6.86. The summed E-state index contributed by atoms with van der Waals surface area (Å²) < 4.78 is 16.2. The molecule has 0 bridgehead atoms. The molecule has 0 saturated heterocycles. The fourth-order valence-corrected chi connectivity index (χ4v) is 3.25. The van der Waals surface area contributed by atoms with Gasteiger partial charge in [-0.25, -0.2) is 14.4 Å². The van der Waals surface area contributed by atoms with Gasteiger partial charge in [-0.05, 0) is 36.4 Å². The molecule has 9 nitrogen and oxygen atoms in total. The van der Waals surface area contributed by atoms with Crippen molar-refractivity contribution in [3.8, 4) is 0 Å². The zero-order chi connectivity index (χ0) is 25.9. The summed E-state index contributed by atoms with van der Waals surface area (Å²) in [6.45, 7) is -1.49. The predicted molar refractivity (Wildman–Crippen MR) is 127 cm³/mol. The molecule has 188 valence electrons. The average molecular weight is 494 g/mol. The Morgan fingerprint density at radius 3 is 1.50 bits per heavy atom. The minimum Gasteiger partial charge on any atom is -0.458 e. The lowest BCUT2D eigenvalue weighted by Gasteiger charge is -2.31. The maximum atomic E-state index is 12.8. The highest BCUT2D eigenvalue weighted by Gasteiger charge is 2.39. The molecule has 36 heavy (non-hydrogen) atoms. The van der Waals surface area contributed by atoms with Crippen LogP contribution in [0.1, 0.15) is 31.1 Å². The van der Waals surface area contributed by atoms with E-state index in [9.17, 15) is 29.7 Å². The fraction of sp³-hybridized carbons (Fsp3) is 0.222. The van der Waals surface area contributed by atoms with Crippen LogP contribution in [-0.2, 0) is 14.2 Å². The number of ether oxygens (including phenoxy) is 3. The molecule has 0 radical (unpaired) electrons. The third-order valence-electron chi connectivity index (χ3n) is 5.19. The van der Waals surface area contributed by atoms with Crippen molar-refractivity contribution < 1.29 is 43.9 Å². The van der Waals surface area contributed by atoms with Crippen molar-refractivity contribution in [2.24, 2.45) is 0 Å². The Morgan fingerprint density at radius 1 is 0.639 bits per heavy atom. The number of carbonyl (C=O) groups excluding carboxylic acids is 3. The highest BCUT2D eigenvalue weighted by atomic mass is 16.6. The summed E-state index contributed by atoms with van der Waals surface area (Å²) in [4.78, 5) is 38.1. The van der Waals surface area contributed by atoms with Gasteiger partial charge in [0.25, 0.3) is 0 Å². The predicted octanol–water partition coefficient (Wildman–Crippen LogP) is 2.01. The van der Waals surface area contributed by atoms with Gasteiger partial charge < -0.3 is 29.5 Å². The van der Waals surface area contributed by atoms with Gasteiger partial charge in [0.2, 0.25) is 0 Å². The SMILES string of the molecule is O=C(OC[C@@H](OC(=O)c1ccccc1)[C@H](OC(=O)c1ccccc1)[C@H](O)[C@H](O)CO)c1ccccc1. The lowest BCUT2D eigenvalue weighted by molar-refractivity contribution is -0.132. The molecule has 0 fully saturated rings. The first-order chi connectivity index (χ1) is 17.4. The summed E-state index contributed by atoms with van der Waals surface area (Å²) in [6, 6.07) is 23.7. The van der Waals surface area contributed by atoms with E-state index in [1.807, 2.05) is 0 Å². The normalized spacial score (nSPS) is 14.1. The Morgan fingerprint density at radius 2 is 1.06 bits per heavy atom. The fourth-order valence-electron chi connectivity index (χ4n) is 3.25. The topological polar surface area (TPSA) is 140 Å². The van der Waals surface area contributed by atoms with Gasteiger partial charge in [-0.15, -0.1) is 0 Å². The molecule has 0 heterocycles. The van der Waals surface area contributed by atoms with Crippen molar-refractivity contribution in [1.82, 2.24) is 0 Å². The summed E-state index contributed by atoms with van der Waals surface area (Å²) in [5.41, 5.74) is 0.504. The number of benzene rings is 3. The van der Waals surface area contributed by atoms with Gasteiger partial charge in [0.1, 0.15) is 18.8 Å². The largest absolute Gasteiger partial charge is 0.458 e. The van der Waals surface area contributed by atoms with Crippen molar-refractivity contribution in [2.45, 2.75) is 24.4 Å². The third kappa shape index (κ3) is 7.22. The van der Waals surface area contributed by atoms with Gasteiger partial charge in [0.05, 0.1) is 23.3 Å². The van der Waals surface area contributed by atoms with E-state index in [0.717, 1.165) is 0 Å². The molecule has 0 amide bonds. The number of aliphatic hydroxyl groups excluding tert-OH is 3. The summed E-state index contributed by atoms with van der Waals surface area (Å²) in [7, 11) is 0. The molecule has 0 spiro atoms. The second-order valence-electron chi connectivity index (χ2n) is 7.75. The average Bonchev–Trinajstić information content (AvgIpc) is 2.94. The Labute approximate surface area is 207 Å². The standard InChI is InChI=1S/C27H26O9/c28-16-21(29)23(30)24(36-27(33)20-14-8-3-9-15-20)22(35-26(32)19-12-6-2-7-13-19)17-34-25(31)18-10-4-1-5-11-18/h1-15,21-24,28-30H,16-17H2/t21-,22-,23-,24+/m1/s1. The van der Waals surface area contributed by atoms with Crippen molar-refractivity contribution in [3.05, 3.63) is 108 Å².